The number of furan rings is 1. The summed E-state index contributed by atoms with van der Waals surface area (Å²) in [6.45, 7) is 0.455. The zero-order chi connectivity index (χ0) is 26.8. The van der Waals surface area contributed by atoms with Crippen LogP contribution in [0.25, 0.3) is 33.5 Å². The lowest BCUT2D eigenvalue weighted by atomic mass is 10.2. The third-order valence-corrected chi connectivity index (χ3v) is 6.85. The van der Waals surface area contributed by atoms with E-state index >= 15 is 0 Å². The highest BCUT2D eigenvalue weighted by molar-refractivity contribution is 9.10. The molecule has 2 aromatic heterocycles. The zero-order valence-electron chi connectivity index (χ0n) is 20.9. The second-order valence-corrected chi connectivity index (χ2v) is 9.62. The van der Waals surface area contributed by atoms with Crippen molar-refractivity contribution in [3.8, 4) is 23.1 Å². The number of nitrogens with zero attached hydrogens (tertiary/aromatic N) is 3. The van der Waals surface area contributed by atoms with Gasteiger partial charge in [-0.3, -0.25) is 4.79 Å². The Kier molecular flexibility index (Phi) is 6.69. The molecule has 0 atom stereocenters. The molecule has 39 heavy (non-hydrogen) atoms. The van der Waals surface area contributed by atoms with E-state index < -0.39 is 0 Å². The van der Waals surface area contributed by atoms with E-state index in [1.165, 1.54) is 4.68 Å². The normalized spacial score (nSPS) is 11.4. The predicted octanol–water partition coefficient (Wildman–Crippen LogP) is 7.04. The number of halogens is 1. The van der Waals surface area contributed by atoms with Gasteiger partial charge in [-0.05, 0) is 75.6 Å². The van der Waals surface area contributed by atoms with Crippen molar-refractivity contribution in [3.63, 3.8) is 0 Å². The standard InChI is InChI=1S/C31H22BrN3O4/c1-37-26-12-7-13-27-23(26)17-29(39-27)30-34-25-11-6-5-10-22(25)31(36)35(30)33-18-21-14-15-28(24(32)16-21)38-19-20-8-3-2-4-9-20/h2-18H,19H2,1H3. The van der Waals surface area contributed by atoms with Crippen molar-refractivity contribution in [2.45, 2.75) is 6.61 Å². The minimum absolute atomic E-state index is 0.287. The summed E-state index contributed by atoms with van der Waals surface area (Å²) in [5.41, 5.74) is 2.72. The Labute approximate surface area is 232 Å². The first kappa shape index (κ1) is 24.6. The van der Waals surface area contributed by atoms with Crippen molar-refractivity contribution in [3.05, 3.63) is 123 Å². The summed E-state index contributed by atoms with van der Waals surface area (Å²) in [5, 5.41) is 5.78. The second-order valence-electron chi connectivity index (χ2n) is 8.76. The van der Waals surface area contributed by atoms with E-state index in [1.54, 1.807) is 31.5 Å². The van der Waals surface area contributed by atoms with Crippen LogP contribution in [0, 0.1) is 0 Å². The molecule has 0 bridgehead atoms. The summed E-state index contributed by atoms with van der Waals surface area (Å²) in [6.07, 6.45) is 1.61. The quantitative estimate of drug-likeness (QED) is 0.189. The van der Waals surface area contributed by atoms with Crippen LogP contribution >= 0.6 is 15.9 Å². The molecule has 0 spiro atoms. The third-order valence-electron chi connectivity index (χ3n) is 6.23. The molecule has 192 valence electrons. The average molecular weight is 580 g/mol. The Morgan fingerprint density at radius 3 is 2.56 bits per heavy atom. The Bertz CT molecular complexity index is 1890. The van der Waals surface area contributed by atoms with Crippen molar-refractivity contribution >= 4 is 44.0 Å². The van der Waals surface area contributed by atoms with Crippen LogP contribution < -0.4 is 15.0 Å². The number of hydrogen-bond donors (Lipinski definition) is 0. The highest BCUT2D eigenvalue weighted by atomic mass is 79.9. The molecule has 8 heteroatoms. The number of ether oxygens (including phenoxy) is 2. The molecule has 0 aliphatic carbocycles. The maximum absolute atomic E-state index is 13.5. The monoisotopic (exact) mass is 579 g/mol. The van der Waals surface area contributed by atoms with E-state index in [0.29, 0.717) is 40.4 Å². The van der Waals surface area contributed by atoms with Crippen molar-refractivity contribution in [1.82, 2.24) is 9.66 Å². The van der Waals surface area contributed by atoms with Crippen molar-refractivity contribution in [1.29, 1.82) is 0 Å². The van der Waals surface area contributed by atoms with Crippen LogP contribution in [0.1, 0.15) is 11.1 Å². The van der Waals surface area contributed by atoms with Gasteiger partial charge >= 0.3 is 0 Å². The molecule has 0 aliphatic heterocycles. The molecule has 0 fully saturated rings. The SMILES string of the molecule is COc1cccc2oc(-c3nc4ccccc4c(=O)n3N=Cc3ccc(OCc4ccccc4)c(Br)c3)cc12. The van der Waals surface area contributed by atoms with E-state index in [-0.39, 0.29) is 11.4 Å². The highest BCUT2D eigenvalue weighted by Crippen LogP contribution is 2.33. The van der Waals surface area contributed by atoms with Crippen LogP contribution in [-0.2, 0) is 6.61 Å². The lowest BCUT2D eigenvalue weighted by Gasteiger charge is -2.09. The first-order valence-corrected chi connectivity index (χ1v) is 13.0. The van der Waals surface area contributed by atoms with Gasteiger partial charge in [-0.15, -0.1) is 0 Å². The maximum Gasteiger partial charge on any atom is 0.282 e. The lowest BCUT2D eigenvalue weighted by molar-refractivity contribution is 0.304. The van der Waals surface area contributed by atoms with Crippen LogP contribution in [0.5, 0.6) is 11.5 Å². The number of methoxy groups -OCH3 is 1. The van der Waals surface area contributed by atoms with Crippen molar-refractivity contribution < 1.29 is 13.9 Å². The fourth-order valence-electron chi connectivity index (χ4n) is 4.29. The summed E-state index contributed by atoms with van der Waals surface area (Å²) in [7, 11) is 1.60. The molecule has 2 heterocycles. The fraction of sp³-hybridized carbons (Fsp3) is 0.0645. The lowest BCUT2D eigenvalue weighted by Crippen LogP contribution is -2.20. The molecule has 6 rings (SSSR count). The van der Waals surface area contributed by atoms with Gasteiger partial charge in [0.2, 0.25) is 5.82 Å². The van der Waals surface area contributed by atoms with E-state index in [9.17, 15) is 4.79 Å². The summed E-state index contributed by atoms with van der Waals surface area (Å²) < 4.78 is 19.6. The zero-order valence-corrected chi connectivity index (χ0v) is 22.5. The number of benzene rings is 4. The molecule has 4 aromatic carbocycles. The smallest absolute Gasteiger partial charge is 0.282 e. The Balaban J connectivity index is 1.38. The number of aromatic nitrogens is 2. The van der Waals surface area contributed by atoms with E-state index in [2.05, 4.69) is 21.0 Å². The maximum atomic E-state index is 13.5. The third kappa shape index (κ3) is 4.94. The second kappa shape index (κ2) is 10.6. The van der Waals surface area contributed by atoms with Crippen molar-refractivity contribution in [2.75, 3.05) is 7.11 Å². The van der Waals surface area contributed by atoms with Crippen LogP contribution in [0.15, 0.2) is 116 Å². The van der Waals surface area contributed by atoms with Gasteiger partial charge in [0.05, 0.1) is 34.1 Å². The Hall–Kier alpha value is -4.69. The molecule has 0 saturated carbocycles. The molecule has 0 radical (unpaired) electrons. The van der Waals surface area contributed by atoms with Gasteiger partial charge in [0, 0.05) is 0 Å². The van der Waals surface area contributed by atoms with E-state index in [1.807, 2.05) is 78.9 Å². The van der Waals surface area contributed by atoms with Gasteiger partial charge in [-0.2, -0.15) is 9.78 Å². The van der Waals surface area contributed by atoms with Crippen LogP contribution in [0.2, 0.25) is 0 Å². The highest BCUT2D eigenvalue weighted by Gasteiger charge is 2.18. The first-order valence-electron chi connectivity index (χ1n) is 12.2. The molecular formula is C31H22BrN3O4. The fourth-order valence-corrected chi connectivity index (χ4v) is 4.80. The molecule has 6 aromatic rings. The molecule has 0 amide bonds. The van der Waals surface area contributed by atoms with Crippen LogP contribution in [0.3, 0.4) is 0 Å². The first-order chi connectivity index (χ1) is 19.1. The molecule has 0 aliphatic rings. The average Bonchev–Trinajstić information content (AvgIpc) is 3.41. The van der Waals surface area contributed by atoms with E-state index in [0.717, 1.165) is 21.0 Å². The van der Waals surface area contributed by atoms with E-state index in [4.69, 9.17) is 18.9 Å². The summed E-state index contributed by atoms with van der Waals surface area (Å²) in [5.74, 6) is 2.06. The molecule has 7 nitrogen and oxygen atoms in total. The summed E-state index contributed by atoms with van der Waals surface area (Å²) in [6, 6.07) is 30.1. The Morgan fingerprint density at radius 2 is 1.74 bits per heavy atom. The van der Waals surface area contributed by atoms with Crippen LogP contribution in [0.4, 0.5) is 0 Å². The van der Waals surface area contributed by atoms with Gasteiger partial charge in [-0.1, -0.05) is 48.5 Å². The summed E-state index contributed by atoms with van der Waals surface area (Å²) in [4.78, 5) is 18.3. The minimum atomic E-state index is -0.304. The molecule has 0 saturated heterocycles. The minimum Gasteiger partial charge on any atom is -0.496 e. The largest absolute Gasteiger partial charge is 0.496 e. The predicted molar refractivity (Wildman–Crippen MR) is 156 cm³/mol. The number of fused-ring (bicyclic) bond motifs is 2. The van der Waals surface area contributed by atoms with Gasteiger partial charge in [-0.25, -0.2) is 4.98 Å². The summed E-state index contributed by atoms with van der Waals surface area (Å²) >= 11 is 3.58. The van der Waals surface area contributed by atoms with Gasteiger partial charge in [0.1, 0.15) is 23.7 Å². The Morgan fingerprint density at radius 1 is 0.923 bits per heavy atom. The molecule has 0 unspecified atom stereocenters. The van der Waals surface area contributed by atoms with Crippen molar-refractivity contribution in [2.24, 2.45) is 5.10 Å². The topological polar surface area (TPSA) is 78.9 Å². The number of hydrogen-bond acceptors (Lipinski definition) is 6. The van der Waals surface area contributed by atoms with Crippen LogP contribution in [-0.4, -0.2) is 23.0 Å². The van der Waals surface area contributed by atoms with Gasteiger partial charge < -0.3 is 13.9 Å². The number of para-hydroxylation sites is 1. The number of rotatable bonds is 7. The van der Waals surface area contributed by atoms with Gasteiger partial charge in [0.15, 0.2) is 5.76 Å². The van der Waals surface area contributed by atoms with Gasteiger partial charge in [0.25, 0.3) is 5.56 Å². The molecule has 0 N–H and O–H groups in total. The molecular weight excluding hydrogens is 558 g/mol.